The molecule has 1 amide bonds. The summed E-state index contributed by atoms with van der Waals surface area (Å²) in [6, 6.07) is 8.45. The van der Waals surface area contributed by atoms with Crippen LogP contribution in [0.1, 0.15) is 18.4 Å². The molecule has 164 valence electrons. The van der Waals surface area contributed by atoms with E-state index in [0.29, 0.717) is 29.2 Å². The monoisotopic (exact) mass is 481 g/mol. The van der Waals surface area contributed by atoms with Crippen LogP contribution in [0, 0.1) is 18.7 Å². The standard InChI is InChI=1S/C21H21ClFN3O3S2/c1-13-5-10-17(22)19-18(13)25(2)21(30-19)24-20(27)14-4-3-11-26(12-14)31(28,29)16-8-6-15(23)7-9-16/h5-10,14H,3-4,11-12H2,1-2H3. The number of aryl methyl sites for hydroxylation is 2. The molecule has 0 spiro atoms. The summed E-state index contributed by atoms with van der Waals surface area (Å²) in [5.41, 5.74) is 1.95. The third-order valence-corrected chi connectivity index (χ3v) is 8.96. The molecule has 2 aromatic carbocycles. The molecule has 1 atom stereocenters. The minimum atomic E-state index is -3.81. The van der Waals surface area contributed by atoms with Gasteiger partial charge in [-0.3, -0.25) is 4.79 Å². The minimum absolute atomic E-state index is 0.0139. The molecule has 0 bridgehead atoms. The fourth-order valence-corrected chi connectivity index (χ4v) is 6.71. The highest BCUT2D eigenvalue weighted by atomic mass is 35.5. The molecule has 1 aliphatic rings. The molecule has 1 unspecified atom stereocenters. The molecule has 1 saturated heterocycles. The Morgan fingerprint density at radius 3 is 2.61 bits per heavy atom. The van der Waals surface area contributed by atoms with E-state index < -0.39 is 21.8 Å². The van der Waals surface area contributed by atoms with Crippen molar-refractivity contribution < 1.29 is 17.6 Å². The van der Waals surface area contributed by atoms with Gasteiger partial charge in [-0.2, -0.15) is 9.30 Å². The molecule has 6 nitrogen and oxygen atoms in total. The number of benzene rings is 2. The van der Waals surface area contributed by atoms with Crippen LogP contribution in [-0.4, -0.2) is 36.3 Å². The maximum absolute atomic E-state index is 13.2. The van der Waals surface area contributed by atoms with E-state index in [1.807, 2.05) is 30.7 Å². The Hall–Kier alpha value is -2.07. The van der Waals surface area contributed by atoms with Crippen molar-refractivity contribution in [2.24, 2.45) is 18.0 Å². The lowest BCUT2D eigenvalue weighted by atomic mass is 9.99. The van der Waals surface area contributed by atoms with Gasteiger partial charge >= 0.3 is 0 Å². The van der Waals surface area contributed by atoms with Gasteiger partial charge in [-0.25, -0.2) is 12.8 Å². The van der Waals surface area contributed by atoms with Crippen molar-refractivity contribution in [2.45, 2.75) is 24.7 Å². The molecular formula is C21H21ClFN3O3S2. The molecule has 0 aliphatic carbocycles. The summed E-state index contributed by atoms with van der Waals surface area (Å²) in [6.45, 7) is 2.34. The molecule has 2 heterocycles. The topological polar surface area (TPSA) is 71.7 Å². The van der Waals surface area contributed by atoms with Crippen LogP contribution in [0.4, 0.5) is 4.39 Å². The van der Waals surface area contributed by atoms with Gasteiger partial charge < -0.3 is 4.57 Å². The van der Waals surface area contributed by atoms with Crippen LogP contribution in [0.25, 0.3) is 10.2 Å². The smallest absolute Gasteiger partial charge is 0.252 e. The van der Waals surface area contributed by atoms with Gasteiger partial charge in [-0.1, -0.05) is 29.0 Å². The summed E-state index contributed by atoms with van der Waals surface area (Å²) < 4.78 is 43.0. The number of sulfonamides is 1. The molecule has 0 saturated carbocycles. The quantitative estimate of drug-likeness (QED) is 0.570. The predicted molar refractivity (Wildman–Crippen MR) is 119 cm³/mol. The van der Waals surface area contributed by atoms with Crippen molar-refractivity contribution >= 4 is 49.1 Å². The first-order valence-corrected chi connectivity index (χ1v) is 12.4. The van der Waals surface area contributed by atoms with E-state index in [-0.39, 0.29) is 17.3 Å². The Balaban J connectivity index is 1.62. The number of fused-ring (bicyclic) bond motifs is 1. The van der Waals surface area contributed by atoms with Crippen LogP contribution < -0.4 is 4.80 Å². The Morgan fingerprint density at radius 2 is 1.94 bits per heavy atom. The van der Waals surface area contributed by atoms with Crippen LogP contribution in [0.15, 0.2) is 46.3 Å². The SMILES string of the molecule is Cc1ccc(Cl)c2sc(=NC(=O)C3CCCN(S(=O)(=O)c4ccc(F)cc4)C3)n(C)c12. The van der Waals surface area contributed by atoms with Gasteiger partial charge in [-0.05, 0) is 55.7 Å². The fourth-order valence-electron chi connectivity index (χ4n) is 3.82. The maximum Gasteiger partial charge on any atom is 0.252 e. The van der Waals surface area contributed by atoms with Gasteiger partial charge in [0.2, 0.25) is 10.0 Å². The molecule has 4 rings (SSSR count). The molecule has 1 aromatic heterocycles. The zero-order chi connectivity index (χ0) is 22.3. The Kier molecular flexibility index (Phi) is 6.04. The Labute approximate surface area is 188 Å². The normalized spacial score (nSPS) is 18.6. The number of hydrogen-bond donors (Lipinski definition) is 0. The molecule has 10 heteroatoms. The summed E-state index contributed by atoms with van der Waals surface area (Å²) in [5, 5.41) is 0.601. The predicted octanol–water partition coefficient (Wildman–Crippen LogP) is 3.87. The highest BCUT2D eigenvalue weighted by Crippen LogP contribution is 2.29. The van der Waals surface area contributed by atoms with Gasteiger partial charge in [0.25, 0.3) is 5.91 Å². The number of halogens is 2. The number of aromatic nitrogens is 1. The first kappa shape index (κ1) is 22.1. The molecule has 1 fully saturated rings. The molecule has 31 heavy (non-hydrogen) atoms. The van der Waals surface area contributed by atoms with Crippen LogP contribution in [0.5, 0.6) is 0 Å². The maximum atomic E-state index is 13.2. The fraction of sp³-hybridized carbons (Fsp3) is 0.333. The summed E-state index contributed by atoms with van der Waals surface area (Å²) in [5.74, 6) is -1.39. The number of amides is 1. The van der Waals surface area contributed by atoms with Gasteiger partial charge in [0.15, 0.2) is 4.80 Å². The van der Waals surface area contributed by atoms with Crippen LogP contribution in [0.3, 0.4) is 0 Å². The zero-order valence-electron chi connectivity index (χ0n) is 17.0. The van der Waals surface area contributed by atoms with Crippen LogP contribution in [-0.2, 0) is 21.9 Å². The van der Waals surface area contributed by atoms with E-state index in [2.05, 4.69) is 4.99 Å². The van der Waals surface area contributed by atoms with Gasteiger partial charge in [0, 0.05) is 20.1 Å². The lowest BCUT2D eigenvalue weighted by Crippen LogP contribution is -2.42. The molecular weight excluding hydrogens is 461 g/mol. The number of rotatable bonds is 3. The molecule has 0 N–H and O–H groups in total. The lowest BCUT2D eigenvalue weighted by molar-refractivity contribution is -0.122. The van der Waals surface area contributed by atoms with Crippen molar-refractivity contribution in [3.63, 3.8) is 0 Å². The van der Waals surface area contributed by atoms with Gasteiger partial charge in [-0.15, -0.1) is 0 Å². The van der Waals surface area contributed by atoms with E-state index in [4.69, 9.17) is 11.6 Å². The van der Waals surface area contributed by atoms with Gasteiger partial charge in [0.1, 0.15) is 5.82 Å². The second-order valence-electron chi connectivity index (χ2n) is 7.59. The molecule has 3 aromatic rings. The number of piperidine rings is 1. The number of carbonyl (C=O) groups is 1. The Bertz CT molecular complexity index is 1330. The molecule has 1 aliphatic heterocycles. The summed E-state index contributed by atoms with van der Waals surface area (Å²) >= 11 is 7.65. The second-order valence-corrected chi connectivity index (χ2v) is 10.9. The van der Waals surface area contributed by atoms with E-state index in [1.165, 1.54) is 27.8 Å². The largest absolute Gasteiger partial charge is 0.319 e. The first-order valence-electron chi connectivity index (χ1n) is 9.77. The number of thiazole rings is 1. The van der Waals surface area contributed by atoms with Crippen molar-refractivity contribution in [1.29, 1.82) is 0 Å². The van der Waals surface area contributed by atoms with E-state index in [9.17, 15) is 17.6 Å². The third kappa shape index (κ3) is 4.19. The van der Waals surface area contributed by atoms with Crippen molar-refractivity contribution in [1.82, 2.24) is 8.87 Å². The lowest BCUT2D eigenvalue weighted by Gasteiger charge is -2.30. The third-order valence-electron chi connectivity index (χ3n) is 5.49. The van der Waals surface area contributed by atoms with E-state index in [1.54, 1.807) is 0 Å². The number of hydrogen-bond acceptors (Lipinski definition) is 4. The summed E-state index contributed by atoms with van der Waals surface area (Å²) in [6.07, 6.45) is 1.11. The average Bonchev–Trinajstić information content (AvgIpc) is 3.08. The number of carbonyl (C=O) groups excluding carboxylic acids is 1. The first-order chi connectivity index (χ1) is 14.7. The zero-order valence-corrected chi connectivity index (χ0v) is 19.4. The minimum Gasteiger partial charge on any atom is -0.319 e. The van der Waals surface area contributed by atoms with Crippen LogP contribution >= 0.6 is 22.9 Å². The summed E-state index contributed by atoms with van der Waals surface area (Å²) in [7, 11) is -1.97. The second kappa shape index (κ2) is 8.46. The Morgan fingerprint density at radius 1 is 1.23 bits per heavy atom. The van der Waals surface area contributed by atoms with Crippen LogP contribution in [0.2, 0.25) is 5.02 Å². The van der Waals surface area contributed by atoms with E-state index in [0.717, 1.165) is 27.9 Å². The average molecular weight is 482 g/mol. The van der Waals surface area contributed by atoms with Crippen molar-refractivity contribution in [2.75, 3.05) is 13.1 Å². The van der Waals surface area contributed by atoms with Crippen molar-refractivity contribution in [3.05, 3.63) is 57.6 Å². The molecule has 0 radical (unpaired) electrons. The number of nitrogens with zero attached hydrogens (tertiary/aromatic N) is 3. The summed E-state index contributed by atoms with van der Waals surface area (Å²) in [4.78, 5) is 17.8. The van der Waals surface area contributed by atoms with Crippen molar-refractivity contribution in [3.8, 4) is 0 Å². The van der Waals surface area contributed by atoms with Gasteiger partial charge in [0.05, 0.1) is 26.1 Å². The van der Waals surface area contributed by atoms with E-state index >= 15 is 0 Å². The highest BCUT2D eigenvalue weighted by molar-refractivity contribution is 7.89. The highest BCUT2D eigenvalue weighted by Gasteiger charge is 2.33.